The van der Waals surface area contributed by atoms with Crippen LogP contribution in [0, 0.1) is 0 Å². The Kier molecular flexibility index (Phi) is 13.1. The highest BCUT2D eigenvalue weighted by atomic mass is 16.0. The number of rotatable bonds is 7. The van der Waals surface area contributed by atoms with Crippen LogP contribution >= 0.6 is 0 Å². The Balaban J connectivity index is 0. The van der Waals surface area contributed by atoms with Crippen LogP contribution in [-0.4, -0.2) is 31.0 Å². The Morgan fingerprint density at radius 3 is 1.83 bits per heavy atom. The van der Waals surface area contributed by atoms with E-state index in [4.69, 9.17) is 0 Å². The molecule has 0 aromatic heterocycles. The lowest BCUT2D eigenvalue weighted by Gasteiger charge is -2.08. The van der Waals surface area contributed by atoms with Gasteiger partial charge in [0, 0.05) is 0 Å². The molecule has 76 valence electrons. The summed E-state index contributed by atoms with van der Waals surface area (Å²) in [5.74, 6) is 0. The SMILES string of the molecule is CCCCCCCCN(C)C.O. The molecule has 0 rings (SSSR count). The van der Waals surface area contributed by atoms with E-state index < -0.39 is 0 Å². The molecule has 0 unspecified atom stereocenters. The van der Waals surface area contributed by atoms with Crippen molar-refractivity contribution in [3.05, 3.63) is 0 Å². The molecule has 0 atom stereocenters. The molecule has 2 heteroatoms. The molecule has 12 heavy (non-hydrogen) atoms. The molecule has 0 heterocycles. The van der Waals surface area contributed by atoms with Gasteiger partial charge < -0.3 is 10.4 Å². The van der Waals surface area contributed by atoms with E-state index in [0.29, 0.717) is 0 Å². The summed E-state index contributed by atoms with van der Waals surface area (Å²) in [5.41, 5.74) is 0. The molecule has 0 saturated heterocycles. The van der Waals surface area contributed by atoms with Crippen LogP contribution in [0.4, 0.5) is 0 Å². The Bertz CT molecular complexity index is 74.2. The van der Waals surface area contributed by atoms with Crippen LogP contribution in [-0.2, 0) is 0 Å². The highest BCUT2D eigenvalue weighted by Gasteiger charge is 1.90. The second kappa shape index (κ2) is 10.9. The molecule has 0 aromatic rings. The van der Waals surface area contributed by atoms with Crippen LogP contribution < -0.4 is 0 Å². The minimum Gasteiger partial charge on any atom is -0.412 e. The molecule has 0 radical (unpaired) electrons. The van der Waals surface area contributed by atoms with E-state index in [2.05, 4.69) is 25.9 Å². The molecular weight excluding hydrogens is 150 g/mol. The Hall–Kier alpha value is -0.0800. The third kappa shape index (κ3) is 12.6. The summed E-state index contributed by atoms with van der Waals surface area (Å²) < 4.78 is 0. The van der Waals surface area contributed by atoms with Gasteiger partial charge in [-0.2, -0.15) is 0 Å². The summed E-state index contributed by atoms with van der Waals surface area (Å²) in [5, 5.41) is 0. The maximum atomic E-state index is 2.26. The van der Waals surface area contributed by atoms with Crippen molar-refractivity contribution in [2.24, 2.45) is 0 Å². The minimum absolute atomic E-state index is 0. The standard InChI is InChI=1S/C10H23N.H2O/c1-4-5-6-7-8-9-10-11(2)3;/h4-10H2,1-3H3;1H2. The Morgan fingerprint density at radius 1 is 0.833 bits per heavy atom. The van der Waals surface area contributed by atoms with Gasteiger partial charge in [-0.15, -0.1) is 0 Å². The normalized spacial score (nSPS) is 10.0. The molecule has 0 spiro atoms. The fourth-order valence-electron chi connectivity index (χ4n) is 1.21. The quantitative estimate of drug-likeness (QED) is 0.546. The van der Waals surface area contributed by atoms with E-state index in [1.807, 2.05) is 0 Å². The fraction of sp³-hybridized carbons (Fsp3) is 1.00. The largest absolute Gasteiger partial charge is 0.412 e. The summed E-state index contributed by atoms with van der Waals surface area (Å²) in [7, 11) is 4.29. The zero-order chi connectivity index (χ0) is 8.53. The van der Waals surface area contributed by atoms with E-state index in [-0.39, 0.29) is 5.48 Å². The first-order valence-electron chi connectivity index (χ1n) is 4.92. The van der Waals surface area contributed by atoms with Gasteiger partial charge in [0.2, 0.25) is 0 Å². The minimum atomic E-state index is 0. The molecule has 0 aliphatic heterocycles. The molecule has 0 aliphatic carbocycles. The van der Waals surface area contributed by atoms with Crippen molar-refractivity contribution in [1.29, 1.82) is 0 Å². The summed E-state index contributed by atoms with van der Waals surface area (Å²) in [4.78, 5) is 2.26. The van der Waals surface area contributed by atoms with Crippen molar-refractivity contribution >= 4 is 0 Å². The first-order chi connectivity index (χ1) is 5.27. The van der Waals surface area contributed by atoms with Crippen molar-refractivity contribution in [3.63, 3.8) is 0 Å². The molecule has 0 saturated carbocycles. The van der Waals surface area contributed by atoms with E-state index in [1.165, 1.54) is 45.1 Å². The molecular formula is C10H25NO. The van der Waals surface area contributed by atoms with Gasteiger partial charge in [0.1, 0.15) is 0 Å². The van der Waals surface area contributed by atoms with Gasteiger partial charge in [-0.05, 0) is 27.1 Å². The van der Waals surface area contributed by atoms with Crippen LogP contribution in [0.5, 0.6) is 0 Å². The fourth-order valence-corrected chi connectivity index (χ4v) is 1.21. The molecule has 2 N–H and O–H groups in total. The lowest BCUT2D eigenvalue weighted by Crippen LogP contribution is -2.12. The van der Waals surface area contributed by atoms with Crippen molar-refractivity contribution in [3.8, 4) is 0 Å². The van der Waals surface area contributed by atoms with Gasteiger partial charge in [-0.25, -0.2) is 0 Å². The second-order valence-corrected chi connectivity index (χ2v) is 3.57. The summed E-state index contributed by atoms with van der Waals surface area (Å²) in [6.07, 6.45) is 8.43. The summed E-state index contributed by atoms with van der Waals surface area (Å²) in [6, 6.07) is 0. The number of unbranched alkanes of at least 4 members (excludes halogenated alkanes) is 5. The third-order valence-electron chi connectivity index (χ3n) is 1.96. The third-order valence-corrected chi connectivity index (χ3v) is 1.96. The predicted molar refractivity (Wildman–Crippen MR) is 55.5 cm³/mol. The number of nitrogens with zero attached hydrogens (tertiary/aromatic N) is 1. The second-order valence-electron chi connectivity index (χ2n) is 3.57. The summed E-state index contributed by atoms with van der Waals surface area (Å²) in [6.45, 7) is 3.52. The van der Waals surface area contributed by atoms with Crippen molar-refractivity contribution in [2.45, 2.75) is 45.4 Å². The van der Waals surface area contributed by atoms with Crippen LogP contribution in [0.25, 0.3) is 0 Å². The Labute approximate surface area is 77.3 Å². The van der Waals surface area contributed by atoms with Gasteiger partial charge in [-0.3, -0.25) is 0 Å². The van der Waals surface area contributed by atoms with Gasteiger partial charge in [0.05, 0.1) is 0 Å². The highest BCUT2D eigenvalue weighted by molar-refractivity contribution is 4.46. The number of hydrogen-bond donors (Lipinski definition) is 0. The Morgan fingerprint density at radius 2 is 1.33 bits per heavy atom. The topological polar surface area (TPSA) is 34.7 Å². The van der Waals surface area contributed by atoms with E-state index >= 15 is 0 Å². The maximum absolute atomic E-state index is 2.26. The number of hydrogen-bond acceptors (Lipinski definition) is 1. The van der Waals surface area contributed by atoms with Gasteiger partial charge in [0.15, 0.2) is 0 Å². The van der Waals surface area contributed by atoms with E-state index in [9.17, 15) is 0 Å². The first kappa shape index (κ1) is 14.4. The molecule has 0 aromatic carbocycles. The van der Waals surface area contributed by atoms with Crippen LogP contribution in [0.15, 0.2) is 0 Å². The van der Waals surface area contributed by atoms with Crippen LogP contribution in [0.2, 0.25) is 0 Å². The van der Waals surface area contributed by atoms with Gasteiger partial charge >= 0.3 is 0 Å². The summed E-state index contributed by atoms with van der Waals surface area (Å²) >= 11 is 0. The highest BCUT2D eigenvalue weighted by Crippen LogP contribution is 2.04. The average molecular weight is 175 g/mol. The van der Waals surface area contributed by atoms with Crippen LogP contribution in [0.1, 0.15) is 45.4 Å². The van der Waals surface area contributed by atoms with Crippen molar-refractivity contribution in [1.82, 2.24) is 4.90 Å². The predicted octanol–water partition coefficient (Wildman–Crippen LogP) is 2.08. The lowest BCUT2D eigenvalue weighted by atomic mass is 10.1. The molecule has 0 fully saturated rings. The molecule has 0 aliphatic rings. The lowest BCUT2D eigenvalue weighted by molar-refractivity contribution is 0.389. The van der Waals surface area contributed by atoms with Crippen molar-refractivity contribution < 1.29 is 5.48 Å². The van der Waals surface area contributed by atoms with Gasteiger partial charge in [-0.1, -0.05) is 39.0 Å². The monoisotopic (exact) mass is 175 g/mol. The van der Waals surface area contributed by atoms with E-state index in [1.54, 1.807) is 0 Å². The average Bonchev–Trinajstić information content (AvgIpc) is 1.96. The molecule has 0 amide bonds. The zero-order valence-electron chi connectivity index (χ0n) is 8.90. The molecule has 2 nitrogen and oxygen atoms in total. The maximum Gasteiger partial charge on any atom is -0.00248 e. The van der Waals surface area contributed by atoms with Crippen molar-refractivity contribution in [2.75, 3.05) is 20.6 Å². The molecule has 0 bridgehead atoms. The van der Waals surface area contributed by atoms with Crippen LogP contribution in [0.3, 0.4) is 0 Å². The van der Waals surface area contributed by atoms with Gasteiger partial charge in [0.25, 0.3) is 0 Å². The smallest absolute Gasteiger partial charge is 0.00248 e. The zero-order valence-corrected chi connectivity index (χ0v) is 8.90. The van der Waals surface area contributed by atoms with E-state index in [0.717, 1.165) is 0 Å². The first-order valence-corrected chi connectivity index (χ1v) is 4.92.